The minimum atomic E-state index is -1.41. The van der Waals surface area contributed by atoms with Crippen LogP contribution in [-0.2, 0) is 14.3 Å². The average Bonchev–Trinajstić information content (AvgIpc) is 3.21. The quantitative estimate of drug-likeness (QED) is 0.0573. The van der Waals surface area contributed by atoms with Crippen LogP contribution in [0.25, 0.3) is 0 Å². The van der Waals surface area contributed by atoms with Crippen molar-refractivity contribution in [2.24, 2.45) is 28.3 Å². The van der Waals surface area contributed by atoms with Crippen molar-refractivity contribution in [2.45, 2.75) is 123 Å². The van der Waals surface area contributed by atoms with E-state index >= 15 is 0 Å². The Morgan fingerprint density at radius 2 is 1.72 bits per heavy atom. The van der Waals surface area contributed by atoms with Crippen LogP contribution in [0.2, 0.25) is 0 Å². The summed E-state index contributed by atoms with van der Waals surface area (Å²) in [6.07, 6.45) is 9.78. The number of aldehydes is 1. The van der Waals surface area contributed by atoms with Gasteiger partial charge in [-0.05, 0) is 112 Å². The van der Waals surface area contributed by atoms with Crippen LogP contribution in [0.5, 0.6) is 23.0 Å². The Labute approximate surface area is 356 Å². The van der Waals surface area contributed by atoms with Gasteiger partial charge in [-0.15, -0.1) is 6.58 Å². The summed E-state index contributed by atoms with van der Waals surface area (Å²) in [6, 6.07) is 10.2. The molecule has 1 fully saturated rings. The van der Waals surface area contributed by atoms with E-state index in [1.807, 2.05) is 66.7 Å². The largest absolute Gasteiger partial charge is 0.496 e. The topological polar surface area (TPSA) is 146 Å². The molecule has 6 atom stereocenters. The molecule has 60 heavy (non-hydrogen) atoms. The maximum Gasteiger partial charge on any atom is 0.410 e. The van der Waals surface area contributed by atoms with E-state index in [4.69, 9.17) is 33.7 Å². The fraction of sp³-hybridized carbons (Fsp3) is 0.604. The monoisotopic (exact) mass is 832 g/mol. The van der Waals surface area contributed by atoms with E-state index in [0.29, 0.717) is 60.1 Å². The molecule has 0 unspecified atom stereocenters. The van der Waals surface area contributed by atoms with Crippen molar-refractivity contribution in [3.05, 3.63) is 71.8 Å². The SMILES string of the molecule is C=CCO[C@@]12Oc3ccc(Oc4ccc(OC)c(C=O)c4)cc3[C@H]3[C@H](CCCCO)[C@@H](CCCCO)C=C(C(=NOC(C)(C)C)C[C@@H]1N(CCC)C(=O)OCC(C)(C)C)[C@H]32. The molecule has 2 aromatic carbocycles. The Balaban J connectivity index is 1.79. The molecule has 12 nitrogen and oxygen atoms in total. The number of carbonyl (C=O) groups is 2. The van der Waals surface area contributed by atoms with Crippen LogP contribution in [0.4, 0.5) is 4.79 Å². The molecule has 0 spiro atoms. The van der Waals surface area contributed by atoms with Crippen LogP contribution < -0.4 is 14.2 Å². The summed E-state index contributed by atoms with van der Waals surface area (Å²) < 4.78 is 32.3. The summed E-state index contributed by atoms with van der Waals surface area (Å²) in [5.74, 6) is 0.0561. The number of aliphatic hydroxyl groups excluding tert-OH is 2. The number of unbranched alkanes of at least 4 members (excludes halogenated alkanes) is 2. The molecule has 0 saturated heterocycles. The van der Waals surface area contributed by atoms with Crippen LogP contribution in [0.3, 0.4) is 0 Å². The number of hydrogen-bond donors (Lipinski definition) is 2. The third-order valence-electron chi connectivity index (χ3n) is 11.3. The first-order valence-electron chi connectivity index (χ1n) is 21.6. The van der Waals surface area contributed by atoms with E-state index in [-0.39, 0.29) is 56.0 Å². The number of benzene rings is 2. The van der Waals surface area contributed by atoms with Gasteiger partial charge in [-0.2, -0.15) is 0 Å². The van der Waals surface area contributed by atoms with Crippen LogP contribution in [0, 0.1) is 23.2 Å². The number of fused-ring (bicyclic) bond motifs is 2. The van der Waals surface area contributed by atoms with E-state index in [2.05, 4.69) is 12.7 Å². The van der Waals surface area contributed by atoms with Crippen molar-refractivity contribution in [3.63, 3.8) is 0 Å². The summed E-state index contributed by atoms with van der Waals surface area (Å²) >= 11 is 0. The van der Waals surface area contributed by atoms with Crippen molar-refractivity contribution in [1.82, 2.24) is 4.90 Å². The molecule has 2 N–H and O–H groups in total. The zero-order valence-electron chi connectivity index (χ0n) is 37.0. The highest BCUT2D eigenvalue weighted by molar-refractivity contribution is 6.03. The molecule has 0 radical (unpaired) electrons. The lowest BCUT2D eigenvalue weighted by molar-refractivity contribution is -0.255. The van der Waals surface area contributed by atoms with Gasteiger partial charge in [0.15, 0.2) is 6.29 Å². The summed E-state index contributed by atoms with van der Waals surface area (Å²) in [5, 5.41) is 24.7. The fourth-order valence-electron chi connectivity index (χ4n) is 8.88. The smallest absolute Gasteiger partial charge is 0.410 e. The second-order valence-corrected chi connectivity index (χ2v) is 18.4. The van der Waals surface area contributed by atoms with Gasteiger partial charge in [-0.3, -0.25) is 9.69 Å². The standard InChI is InChI=1S/C48H68N2O10/c1-10-22-50(45(54)56-31-46(3,4)5)42-29-39(49-60-47(6,7)8)37-27-32(16-12-14-23-51)36(17-13-15-24-52)43-38-28-35(58-34-18-20-40(55-9)33(26-34)30-53)19-21-41(38)59-48(42,44(37)43)57-25-11-2/h11,18-21,26-28,30,32,36,42-44,51-52H,2,10,12-17,22-25,29,31H2,1,3-9H3/t32-,36+,42-,43+,44+,48+/m0/s1. The van der Waals surface area contributed by atoms with E-state index in [0.717, 1.165) is 43.1 Å². The Morgan fingerprint density at radius 3 is 2.35 bits per heavy atom. The van der Waals surface area contributed by atoms with E-state index in [1.165, 1.54) is 7.11 Å². The maximum atomic E-state index is 14.4. The lowest BCUT2D eigenvalue weighted by atomic mass is 9.55. The highest BCUT2D eigenvalue weighted by atomic mass is 16.7. The van der Waals surface area contributed by atoms with E-state index < -0.39 is 29.4 Å². The fourth-order valence-corrected chi connectivity index (χ4v) is 8.88. The molecule has 0 bridgehead atoms. The molecular weight excluding hydrogens is 765 g/mol. The van der Waals surface area contributed by atoms with Crippen molar-refractivity contribution < 1.29 is 48.3 Å². The number of ether oxygens (including phenoxy) is 5. The Morgan fingerprint density at radius 1 is 1.02 bits per heavy atom. The van der Waals surface area contributed by atoms with Gasteiger partial charge in [0.25, 0.3) is 0 Å². The molecule has 2 aliphatic carbocycles. The molecule has 1 amide bonds. The summed E-state index contributed by atoms with van der Waals surface area (Å²) in [7, 11) is 1.52. The second-order valence-electron chi connectivity index (χ2n) is 18.4. The van der Waals surface area contributed by atoms with E-state index in [1.54, 1.807) is 29.2 Å². The second kappa shape index (κ2) is 20.4. The molecule has 2 aromatic rings. The first kappa shape index (κ1) is 46.7. The molecule has 0 aromatic heterocycles. The first-order chi connectivity index (χ1) is 28.6. The lowest BCUT2D eigenvalue weighted by Crippen LogP contribution is -2.70. The van der Waals surface area contributed by atoms with Crippen molar-refractivity contribution in [3.8, 4) is 23.0 Å². The predicted molar refractivity (Wildman–Crippen MR) is 232 cm³/mol. The number of methoxy groups -OCH3 is 1. The van der Waals surface area contributed by atoms with Gasteiger partial charge in [0.05, 0.1) is 37.5 Å². The van der Waals surface area contributed by atoms with E-state index in [9.17, 15) is 19.8 Å². The lowest BCUT2D eigenvalue weighted by Gasteiger charge is -2.60. The molecule has 12 heteroatoms. The van der Waals surface area contributed by atoms with Crippen molar-refractivity contribution in [2.75, 3.05) is 40.1 Å². The number of allylic oxidation sites excluding steroid dienone is 1. The summed E-state index contributed by atoms with van der Waals surface area (Å²) in [4.78, 5) is 34.3. The van der Waals surface area contributed by atoms with Crippen molar-refractivity contribution >= 4 is 18.1 Å². The predicted octanol–water partition coefficient (Wildman–Crippen LogP) is 9.63. The number of rotatable bonds is 20. The van der Waals surface area contributed by atoms with Crippen molar-refractivity contribution in [1.29, 1.82) is 0 Å². The minimum Gasteiger partial charge on any atom is -0.496 e. The number of amides is 1. The number of nitrogens with zero attached hydrogens (tertiary/aromatic N) is 2. The van der Waals surface area contributed by atoms with Gasteiger partial charge in [0, 0.05) is 37.7 Å². The molecule has 1 aliphatic heterocycles. The van der Waals surface area contributed by atoms with Crippen LogP contribution in [0.15, 0.2) is 65.9 Å². The first-order valence-corrected chi connectivity index (χ1v) is 21.6. The van der Waals surface area contributed by atoms with Crippen LogP contribution in [-0.4, -0.2) is 90.7 Å². The molecule has 3 aliphatic rings. The number of hydrogen-bond acceptors (Lipinski definition) is 11. The Hall–Kier alpha value is -4.39. The molecular formula is C48H68N2O10. The Bertz CT molecular complexity index is 1840. The molecule has 330 valence electrons. The summed E-state index contributed by atoms with van der Waals surface area (Å²) in [6.45, 7) is 18.9. The molecule has 1 heterocycles. The third kappa shape index (κ3) is 10.9. The number of aliphatic hydroxyl groups is 2. The van der Waals surface area contributed by atoms with Gasteiger partial charge >= 0.3 is 6.09 Å². The van der Waals surface area contributed by atoms with Gasteiger partial charge in [0.1, 0.15) is 34.6 Å². The Kier molecular flexibility index (Phi) is 15.9. The third-order valence-corrected chi connectivity index (χ3v) is 11.3. The zero-order valence-corrected chi connectivity index (χ0v) is 37.0. The van der Waals surface area contributed by atoms with Gasteiger partial charge in [-0.25, -0.2) is 4.79 Å². The van der Waals surface area contributed by atoms with Gasteiger partial charge < -0.3 is 38.7 Å². The molecule has 1 saturated carbocycles. The minimum absolute atomic E-state index is 0.0345. The van der Waals surface area contributed by atoms with Gasteiger partial charge in [0.2, 0.25) is 5.79 Å². The van der Waals surface area contributed by atoms with Crippen LogP contribution in [0.1, 0.15) is 122 Å². The average molecular weight is 833 g/mol. The highest BCUT2D eigenvalue weighted by Gasteiger charge is 2.65. The zero-order chi connectivity index (χ0) is 43.7. The summed E-state index contributed by atoms with van der Waals surface area (Å²) in [5.41, 5.74) is 2.09. The van der Waals surface area contributed by atoms with Crippen LogP contribution >= 0.6 is 0 Å². The highest BCUT2D eigenvalue weighted by Crippen LogP contribution is 2.62. The molecule has 5 rings (SSSR count). The normalized spacial score (nSPS) is 24.0. The maximum absolute atomic E-state index is 14.4. The van der Waals surface area contributed by atoms with Gasteiger partial charge in [-0.1, -0.05) is 57.8 Å². The number of oxime groups is 1. The number of carbonyl (C=O) groups excluding carboxylic acids is 2.